The maximum atomic E-state index is 15.1. The first-order chi connectivity index (χ1) is 17.6. The molecule has 11 heteroatoms. The SMILES string of the molecule is COc1ccc([C@@H]2CN(c3c(C)ccn(CC(F)F)c3=O)C(=O)C2NC(=O)c2ccc(Cl)cc2)c(F)c1. The smallest absolute Gasteiger partial charge is 0.274 e. The summed E-state index contributed by atoms with van der Waals surface area (Å²) in [6.45, 7) is 0.559. The summed E-state index contributed by atoms with van der Waals surface area (Å²) in [7, 11) is 1.38. The van der Waals surface area contributed by atoms with Crippen LogP contribution in [0.15, 0.2) is 59.5 Å². The van der Waals surface area contributed by atoms with E-state index in [9.17, 15) is 23.2 Å². The fraction of sp³-hybridized carbons (Fsp3) is 0.269. The van der Waals surface area contributed by atoms with Crippen LogP contribution in [0.3, 0.4) is 0 Å². The molecule has 1 aliphatic heterocycles. The van der Waals surface area contributed by atoms with E-state index in [0.29, 0.717) is 10.6 Å². The minimum atomic E-state index is -2.78. The van der Waals surface area contributed by atoms with Crippen LogP contribution in [0, 0.1) is 12.7 Å². The van der Waals surface area contributed by atoms with Crippen molar-refractivity contribution in [2.75, 3.05) is 18.6 Å². The van der Waals surface area contributed by atoms with Crippen LogP contribution in [0.25, 0.3) is 0 Å². The van der Waals surface area contributed by atoms with Crippen molar-refractivity contribution in [1.29, 1.82) is 0 Å². The molecule has 4 rings (SSSR count). The molecule has 0 bridgehead atoms. The third kappa shape index (κ3) is 5.34. The molecule has 1 saturated heterocycles. The number of rotatable bonds is 7. The third-order valence-corrected chi connectivity index (χ3v) is 6.51. The number of carbonyl (C=O) groups excluding carboxylic acids is 2. The van der Waals surface area contributed by atoms with Gasteiger partial charge < -0.3 is 19.5 Å². The topological polar surface area (TPSA) is 80.6 Å². The average molecular weight is 534 g/mol. The Balaban J connectivity index is 1.76. The maximum absolute atomic E-state index is 15.1. The molecule has 0 aliphatic carbocycles. The molecule has 1 unspecified atom stereocenters. The second-order valence-corrected chi connectivity index (χ2v) is 9.03. The van der Waals surface area contributed by atoms with Crippen molar-refractivity contribution in [1.82, 2.24) is 9.88 Å². The number of pyridine rings is 1. The van der Waals surface area contributed by atoms with Crippen molar-refractivity contribution in [3.63, 3.8) is 0 Å². The molecule has 1 aromatic heterocycles. The number of alkyl halides is 2. The number of nitrogens with zero attached hydrogens (tertiary/aromatic N) is 2. The third-order valence-electron chi connectivity index (χ3n) is 6.26. The van der Waals surface area contributed by atoms with E-state index < -0.39 is 48.1 Å². The fourth-order valence-corrected chi connectivity index (χ4v) is 4.54. The summed E-state index contributed by atoms with van der Waals surface area (Å²) < 4.78 is 47.0. The number of benzene rings is 2. The molecule has 2 aromatic carbocycles. The molecule has 37 heavy (non-hydrogen) atoms. The Hall–Kier alpha value is -3.79. The fourth-order valence-electron chi connectivity index (χ4n) is 4.41. The van der Waals surface area contributed by atoms with Crippen LogP contribution in [0.5, 0.6) is 5.75 Å². The first-order valence-corrected chi connectivity index (χ1v) is 11.7. The molecule has 2 atom stereocenters. The van der Waals surface area contributed by atoms with Gasteiger partial charge in [0.25, 0.3) is 17.9 Å². The molecule has 0 spiro atoms. The first kappa shape index (κ1) is 26.3. The van der Waals surface area contributed by atoms with Gasteiger partial charge >= 0.3 is 0 Å². The summed E-state index contributed by atoms with van der Waals surface area (Å²) in [5.41, 5.74) is -0.163. The second-order valence-electron chi connectivity index (χ2n) is 8.60. The lowest BCUT2D eigenvalue weighted by atomic mass is 9.93. The van der Waals surface area contributed by atoms with Gasteiger partial charge in [-0.1, -0.05) is 17.7 Å². The summed E-state index contributed by atoms with van der Waals surface area (Å²) >= 11 is 5.89. The van der Waals surface area contributed by atoms with Gasteiger partial charge in [-0.2, -0.15) is 0 Å². The van der Waals surface area contributed by atoms with Gasteiger partial charge in [0, 0.05) is 35.3 Å². The summed E-state index contributed by atoms with van der Waals surface area (Å²) in [5, 5.41) is 3.07. The molecular weight excluding hydrogens is 511 g/mol. The number of aryl methyl sites for hydroxylation is 1. The van der Waals surface area contributed by atoms with Crippen molar-refractivity contribution in [3.8, 4) is 5.75 Å². The van der Waals surface area contributed by atoms with Gasteiger partial charge in [-0.15, -0.1) is 0 Å². The number of halogens is 4. The molecule has 0 radical (unpaired) electrons. The zero-order valence-corrected chi connectivity index (χ0v) is 20.6. The lowest BCUT2D eigenvalue weighted by molar-refractivity contribution is -0.118. The molecule has 2 amide bonds. The Kier molecular flexibility index (Phi) is 7.58. The van der Waals surface area contributed by atoms with Crippen LogP contribution in [0.2, 0.25) is 5.02 Å². The van der Waals surface area contributed by atoms with E-state index in [1.807, 2.05) is 0 Å². The van der Waals surface area contributed by atoms with E-state index in [0.717, 1.165) is 15.5 Å². The Labute approximate surface area is 215 Å². The molecule has 1 N–H and O–H groups in total. The van der Waals surface area contributed by atoms with Crippen molar-refractivity contribution in [2.45, 2.75) is 31.9 Å². The second kappa shape index (κ2) is 10.7. The van der Waals surface area contributed by atoms with Gasteiger partial charge in [-0.25, -0.2) is 13.2 Å². The molecule has 7 nitrogen and oxygen atoms in total. The summed E-state index contributed by atoms with van der Waals surface area (Å²) in [5.74, 6) is -2.56. The number of anilines is 1. The van der Waals surface area contributed by atoms with Crippen molar-refractivity contribution in [2.24, 2.45) is 0 Å². The highest BCUT2D eigenvalue weighted by molar-refractivity contribution is 6.30. The Morgan fingerprint density at radius 3 is 2.49 bits per heavy atom. The van der Waals surface area contributed by atoms with Crippen LogP contribution in [0.1, 0.15) is 27.4 Å². The lowest BCUT2D eigenvalue weighted by Crippen LogP contribution is -2.44. The largest absolute Gasteiger partial charge is 0.497 e. The Morgan fingerprint density at radius 2 is 1.86 bits per heavy atom. The lowest BCUT2D eigenvalue weighted by Gasteiger charge is -2.20. The highest BCUT2D eigenvalue weighted by Gasteiger charge is 2.45. The van der Waals surface area contributed by atoms with Gasteiger partial charge in [0.15, 0.2) is 0 Å². The number of hydrogen-bond acceptors (Lipinski definition) is 4. The molecule has 3 aromatic rings. The van der Waals surface area contributed by atoms with Crippen molar-refractivity contribution >= 4 is 29.1 Å². The minimum Gasteiger partial charge on any atom is -0.497 e. The predicted octanol–water partition coefficient (Wildman–Crippen LogP) is 4.15. The van der Waals surface area contributed by atoms with E-state index >= 15 is 4.39 Å². The van der Waals surface area contributed by atoms with Gasteiger partial charge in [-0.3, -0.25) is 14.4 Å². The van der Waals surface area contributed by atoms with Crippen molar-refractivity contribution in [3.05, 3.63) is 92.6 Å². The normalized spacial score (nSPS) is 17.4. The number of aromatic nitrogens is 1. The van der Waals surface area contributed by atoms with Crippen LogP contribution < -0.4 is 20.5 Å². The van der Waals surface area contributed by atoms with E-state index in [-0.39, 0.29) is 29.1 Å². The zero-order valence-electron chi connectivity index (χ0n) is 19.9. The average Bonchev–Trinajstić information content (AvgIpc) is 3.16. The first-order valence-electron chi connectivity index (χ1n) is 11.3. The predicted molar refractivity (Wildman–Crippen MR) is 132 cm³/mol. The van der Waals surface area contributed by atoms with Crippen LogP contribution in [-0.2, 0) is 11.3 Å². The molecule has 194 valence electrons. The van der Waals surface area contributed by atoms with Gasteiger partial charge in [-0.05, 0) is 54.4 Å². The Morgan fingerprint density at radius 1 is 1.16 bits per heavy atom. The number of carbonyl (C=O) groups is 2. The monoisotopic (exact) mass is 533 g/mol. The Bertz CT molecular complexity index is 1390. The van der Waals surface area contributed by atoms with Gasteiger partial charge in [0.05, 0.1) is 13.7 Å². The standard InChI is InChI=1S/C26H23ClF3N3O4/c1-14-9-10-32(13-21(29)30)26(36)23(14)33-12-19(18-8-7-17(37-2)11-20(18)28)22(25(33)35)31-24(34)15-3-5-16(27)6-4-15/h3-11,19,21-22H,12-13H2,1-2H3,(H,31,34)/t19-,22?/m0/s1. The quantitative estimate of drug-likeness (QED) is 0.495. The molecule has 1 aliphatic rings. The molecule has 0 saturated carbocycles. The van der Waals surface area contributed by atoms with E-state index in [1.54, 1.807) is 6.92 Å². The van der Waals surface area contributed by atoms with Crippen LogP contribution in [-0.4, -0.2) is 42.5 Å². The van der Waals surface area contributed by atoms with Crippen LogP contribution >= 0.6 is 11.6 Å². The maximum Gasteiger partial charge on any atom is 0.274 e. The van der Waals surface area contributed by atoms with Crippen molar-refractivity contribution < 1.29 is 27.5 Å². The van der Waals surface area contributed by atoms with Crippen LogP contribution in [0.4, 0.5) is 18.9 Å². The summed E-state index contributed by atoms with van der Waals surface area (Å²) in [6.07, 6.45) is -1.55. The van der Waals surface area contributed by atoms with E-state index in [1.165, 1.54) is 55.8 Å². The summed E-state index contributed by atoms with van der Waals surface area (Å²) in [6, 6.07) is 10.3. The number of hydrogen-bond donors (Lipinski definition) is 1. The molecular formula is C26H23ClF3N3O4. The van der Waals surface area contributed by atoms with Gasteiger partial charge in [0.2, 0.25) is 5.91 Å². The number of ether oxygens (including phenoxy) is 1. The van der Waals surface area contributed by atoms with Gasteiger partial charge in [0.1, 0.15) is 23.3 Å². The van der Waals surface area contributed by atoms with E-state index in [4.69, 9.17) is 16.3 Å². The van der Waals surface area contributed by atoms with E-state index in [2.05, 4.69) is 5.32 Å². The highest BCUT2D eigenvalue weighted by atomic mass is 35.5. The molecule has 2 heterocycles. The minimum absolute atomic E-state index is 0.102. The number of amides is 2. The number of nitrogens with one attached hydrogen (secondary N) is 1. The zero-order chi connectivity index (χ0) is 26.9. The summed E-state index contributed by atoms with van der Waals surface area (Å²) in [4.78, 5) is 40.8. The number of methoxy groups -OCH3 is 1. The molecule has 1 fully saturated rings. The highest BCUT2D eigenvalue weighted by Crippen LogP contribution is 2.35.